The lowest BCUT2D eigenvalue weighted by Crippen LogP contribution is -2.11. The number of benzene rings is 2. The highest BCUT2D eigenvalue weighted by Crippen LogP contribution is 2.64. The summed E-state index contributed by atoms with van der Waals surface area (Å²) in [4.78, 5) is 11.9. The van der Waals surface area contributed by atoms with Gasteiger partial charge in [0, 0.05) is 5.92 Å². The molecule has 0 radical (unpaired) electrons. The molecule has 4 rings (SSSR count). The van der Waals surface area contributed by atoms with Gasteiger partial charge in [-0.2, -0.15) is 0 Å². The molecular formula is C23H22O2. The van der Waals surface area contributed by atoms with Crippen LogP contribution in [0, 0.1) is 13.8 Å². The van der Waals surface area contributed by atoms with Crippen LogP contribution in [-0.2, 0) is 5.41 Å². The summed E-state index contributed by atoms with van der Waals surface area (Å²) >= 11 is 0. The zero-order chi connectivity index (χ0) is 17.6. The smallest absolute Gasteiger partial charge is 0.163 e. The number of hydrogen-bond donors (Lipinski definition) is 0. The monoisotopic (exact) mass is 330 g/mol. The molecule has 1 aromatic heterocycles. The van der Waals surface area contributed by atoms with Gasteiger partial charge in [-0.25, -0.2) is 0 Å². The molecule has 0 bridgehead atoms. The standard InChI is InChI=1S/C23H22O2/c1-15-9-11-18(12-10-15)21-14-23(21,19-7-5-4-6-8-19)22-13-20(16(2)24)17(3)25-22/h4-13,21H,14H2,1-3H3. The highest BCUT2D eigenvalue weighted by molar-refractivity contribution is 5.95. The fourth-order valence-electron chi connectivity index (χ4n) is 3.98. The number of carbonyl (C=O) groups is 1. The van der Waals surface area contributed by atoms with Crippen LogP contribution in [0.25, 0.3) is 0 Å². The third-order valence-electron chi connectivity index (χ3n) is 5.47. The first-order chi connectivity index (χ1) is 12.0. The predicted octanol–water partition coefficient (Wildman–Crippen LogP) is 5.57. The maximum Gasteiger partial charge on any atom is 0.163 e. The highest BCUT2D eigenvalue weighted by Gasteiger charge is 2.59. The van der Waals surface area contributed by atoms with Crippen molar-refractivity contribution < 1.29 is 9.21 Å². The molecule has 0 N–H and O–H groups in total. The molecule has 2 nitrogen and oxygen atoms in total. The lowest BCUT2D eigenvalue weighted by Gasteiger charge is -2.16. The van der Waals surface area contributed by atoms with Crippen molar-refractivity contribution >= 4 is 5.78 Å². The van der Waals surface area contributed by atoms with Gasteiger partial charge >= 0.3 is 0 Å². The van der Waals surface area contributed by atoms with E-state index in [9.17, 15) is 4.79 Å². The highest BCUT2D eigenvalue weighted by atomic mass is 16.3. The van der Waals surface area contributed by atoms with Gasteiger partial charge in [-0.1, -0.05) is 60.2 Å². The minimum absolute atomic E-state index is 0.0586. The predicted molar refractivity (Wildman–Crippen MR) is 99.2 cm³/mol. The molecule has 1 saturated carbocycles. The third kappa shape index (κ3) is 2.53. The Kier molecular flexibility index (Phi) is 3.64. The van der Waals surface area contributed by atoms with Crippen LogP contribution >= 0.6 is 0 Å². The number of Topliss-reactive ketones (excluding diaryl/α,β-unsaturated/α-hetero) is 1. The van der Waals surface area contributed by atoms with Gasteiger partial charge in [-0.15, -0.1) is 0 Å². The molecule has 0 amide bonds. The van der Waals surface area contributed by atoms with Crippen LogP contribution in [0.4, 0.5) is 0 Å². The second kappa shape index (κ2) is 5.73. The van der Waals surface area contributed by atoms with Crippen LogP contribution in [0.2, 0.25) is 0 Å². The van der Waals surface area contributed by atoms with E-state index in [4.69, 9.17) is 4.42 Å². The molecule has 0 saturated heterocycles. The number of carbonyl (C=O) groups excluding carboxylic acids is 1. The first-order valence-corrected chi connectivity index (χ1v) is 8.76. The molecule has 2 unspecified atom stereocenters. The Labute approximate surface area is 148 Å². The van der Waals surface area contributed by atoms with E-state index in [2.05, 4.69) is 55.5 Å². The van der Waals surface area contributed by atoms with Gasteiger partial charge in [0.05, 0.1) is 11.0 Å². The first kappa shape index (κ1) is 15.9. The van der Waals surface area contributed by atoms with Gasteiger partial charge in [0.15, 0.2) is 5.78 Å². The van der Waals surface area contributed by atoms with Crippen molar-refractivity contribution in [1.29, 1.82) is 0 Å². The second-order valence-corrected chi connectivity index (χ2v) is 7.14. The summed E-state index contributed by atoms with van der Waals surface area (Å²) in [6.07, 6.45) is 1.00. The molecular weight excluding hydrogens is 308 g/mol. The van der Waals surface area contributed by atoms with Crippen LogP contribution in [-0.4, -0.2) is 5.78 Å². The van der Waals surface area contributed by atoms with E-state index in [1.807, 2.05) is 19.1 Å². The number of furan rings is 1. The number of rotatable bonds is 4. The fourth-order valence-corrected chi connectivity index (χ4v) is 3.98. The molecule has 1 aliphatic carbocycles. The van der Waals surface area contributed by atoms with Crippen molar-refractivity contribution in [2.24, 2.45) is 0 Å². The van der Waals surface area contributed by atoms with E-state index in [0.717, 1.165) is 12.2 Å². The number of aryl methyl sites for hydroxylation is 2. The summed E-state index contributed by atoms with van der Waals surface area (Å²) in [6.45, 7) is 5.58. The molecule has 0 aliphatic heterocycles. The summed E-state index contributed by atoms with van der Waals surface area (Å²) < 4.78 is 6.11. The van der Waals surface area contributed by atoms with Crippen LogP contribution in [0.15, 0.2) is 65.1 Å². The van der Waals surface area contributed by atoms with E-state index in [1.54, 1.807) is 6.92 Å². The van der Waals surface area contributed by atoms with Crippen molar-refractivity contribution in [1.82, 2.24) is 0 Å². The zero-order valence-corrected chi connectivity index (χ0v) is 14.9. The second-order valence-electron chi connectivity index (χ2n) is 7.14. The van der Waals surface area contributed by atoms with Crippen molar-refractivity contribution in [3.8, 4) is 0 Å². The average molecular weight is 330 g/mol. The van der Waals surface area contributed by atoms with Crippen molar-refractivity contribution in [2.75, 3.05) is 0 Å². The van der Waals surface area contributed by atoms with Crippen LogP contribution in [0.1, 0.15) is 57.8 Å². The summed E-state index contributed by atoms with van der Waals surface area (Å²) in [5.41, 5.74) is 4.37. The molecule has 126 valence electrons. The minimum Gasteiger partial charge on any atom is -0.465 e. The van der Waals surface area contributed by atoms with E-state index >= 15 is 0 Å². The topological polar surface area (TPSA) is 30.2 Å². The van der Waals surface area contributed by atoms with E-state index in [1.165, 1.54) is 16.7 Å². The molecule has 1 fully saturated rings. The first-order valence-electron chi connectivity index (χ1n) is 8.76. The fraction of sp³-hybridized carbons (Fsp3) is 0.261. The zero-order valence-electron chi connectivity index (χ0n) is 14.9. The van der Waals surface area contributed by atoms with Gasteiger partial charge < -0.3 is 4.42 Å². The van der Waals surface area contributed by atoms with Gasteiger partial charge in [0.25, 0.3) is 0 Å². The van der Waals surface area contributed by atoms with Gasteiger partial charge in [-0.3, -0.25) is 4.79 Å². The molecule has 2 heteroatoms. The van der Waals surface area contributed by atoms with Crippen LogP contribution in [0.5, 0.6) is 0 Å². The summed E-state index contributed by atoms with van der Waals surface area (Å²) in [7, 11) is 0. The Morgan fingerprint density at radius 1 is 1.04 bits per heavy atom. The van der Waals surface area contributed by atoms with E-state index in [0.29, 0.717) is 17.2 Å². The largest absolute Gasteiger partial charge is 0.465 e. The molecule has 1 aliphatic rings. The Morgan fingerprint density at radius 2 is 1.72 bits per heavy atom. The molecule has 2 aromatic carbocycles. The Bertz CT molecular complexity index is 918. The Hall–Kier alpha value is -2.61. The van der Waals surface area contributed by atoms with Crippen molar-refractivity contribution in [3.05, 3.63) is 94.4 Å². The van der Waals surface area contributed by atoms with Crippen LogP contribution < -0.4 is 0 Å². The molecule has 3 aromatic rings. The minimum atomic E-state index is -0.172. The Morgan fingerprint density at radius 3 is 2.32 bits per heavy atom. The summed E-state index contributed by atoms with van der Waals surface area (Å²) in [5.74, 6) is 2.06. The third-order valence-corrected chi connectivity index (χ3v) is 5.47. The summed E-state index contributed by atoms with van der Waals surface area (Å²) in [6, 6.07) is 21.2. The van der Waals surface area contributed by atoms with Gasteiger partial charge in [0.1, 0.15) is 11.5 Å². The average Bonchev–Trinajstić information content (AvgIpc) is 3.24. The maximum absolute atomic E-state index is 11.9. The van der Waals surface area contributed by atoms with E-state index in [-0.39, 0.29) is 11.2 Å². The summed E-state index contributed by atoms with van der Waals surface area (Å²) in [5, 5.41) is 0. The van der Waals surface area contributed by atoms with Crippen molar-refractivity contribution in [3.63, 3.8) is 0 Å². The number of ketones is 1. The van der Waals surface area contributed by atoms with Gasteiger partial charge in [0.2, 0.25) is 0 Å². The van der Waals surface area contributed by atoms with Crippen LogP contribution in [0.3, 0.4) is 0 Å². The maximum atomic E-state index is 11.9. The lowest BCUT2D eigenvalue weighted by atomic mass is 9.88. The quantitative estimate of drug-likeness (QED) is 0.585. The molecule has 25 heavy (non-hydrogen) atoms. The molecule has 1 heterocycles. The lowest BCUT2D eigenvalue weighted by molar-refractivity contribution is 0.101. The van der Waals surface area contributed by atoms with Crippen molar-refractivity contribution in [2.45, 2.75) is 38.5 Å². The Balaban J connectivity index is 1.83. The molecule has 0 spiro atoms. The van der Waals surface area contributed by atoms with E-state index < -0.39 is 0 Å². The van der Waals surface area contributed by atoms with Gasteiger partial charge in [-0.05, 0) is 44.4 Å². The normalized spacial score (nSPS) is 22.0. The number of hydrogen-bond acceptors (Lipinski definition) is 2. The SMILES string of the molecule is CC(=O)c1cc(C2(c3ccccc3)CC2c2ccc(C)cc2)oc1C. The molecule has 2 atom stereocenters.